The number of fused-ring (bicyclic) bond motifs is 1. The number of thiocarbonyl (C=S) groups is 1. The molecular formula is C14H21N3OS. The summed E-state index contributed by atoms with van der Waals surface area (Å²) in [6, 6.07) is 2.06. The Morgan fingerprint density at radius 3 is 2.84 bits per heavy atom. The molecule has 0 amide bonds. The van der Waals surface area contributed by atoms with Crippen molar-refractivity contribution in [2.45, 2.75) is 39.3 Å². The maximum atomic E-state index is 12.5. The maximum absolute atomic E-state index is 12.5. The van der Waals surface area contributed by atoms with E-state index in [4.69, 9.17) is 18.0 Å². The summed E-state index contributed by atoms with van der Waals surface area (Å²) in [5, 5.41) is 0. The first-order valence-corrected chi connectivity index (χ1v) is 7.12. The Labute approximate surface area is 119 Å². The Morgan fingerprint density at radius 1 is 1.58 bits per heavy atom. The number of aromatic nitrogens is 1. The Kier molecular flexibility index (Phi) is 4.06. The van der Waals surface area contributed by atoms with Gasteiger partial charge in [-0.2, -0.15) is 0 Å². The molecule has 1 atom stereocenters. The van der Waals surface area contributed by atoms with E-state index in [1.807, 2.05) is 10.6 Å². The molecule has 1 aromatic rings. The van der Waals surface area contributed by atoms with Gasteiger partial charge in [0.1, 0.15) is 4.99 Å². The van der Waals surface area contributed by atoms with Crippen molar-refractivity contribution in [2.24, 2.45) is 5.73 Å². The van der Waals surface area contributed by atoms with Crippen LogP contribution in [0.5, 0.6) is 0 Å². The van der Waals surface area contributed by atoms with Crippen LogP contribution in [-0.4, -0.2) is 28.0 Å². The second-order valence-electron chi connectivity index (χ2n) is 5.31. The predicted molar refractivity (Wildman–Crippen MR) is 81.6 cm³/mol. The van der Waals surface area contributed by atoms with Crippen molar-refractivity contribution in [2.75, 3.05) is 13.6 Å². The van der Waals surface area contributed by atoms with E-state index in [-0.39, 0.29) is 16.6 Å². The van der Waals surface area contributed by atoms with Gasteiger partial charge in [0, 0.05) is 31.2 Å². The minimum absolute atomic E-state index is 0.0369. The molecule has 0 aromatic carbocycles. The molecule has 0 aliphatic carbocycles. The average Bonchev–Trinajstić information content (AvgIpc) is 2.37. The molecule has 0 saturated carbocycles. The zero-order chi connectivity index (χ0) is 14.2. The van der Waals surface area contributed by atoms with Gasteiger partial charge in [-0.15, -0.1) is 0 Å². The summed E-state index contributed by atoms with van der Waals surface area (Å²) in [6.45, 7) is 5.99. The standard InChI is InChI=1S/C14H21N3OS/c1-4-9(2)17-12-5-6-16(3)8-10(12)7-11(13(15)19)14(17)18/h7,9H,4-6,8H2,1-3H3,(H2,15,19). The highest BCUT2D eigenvalue weighted by Gasteiger charge is 2.22. The molecular weight excluding hydrogens is 258 g/mol. The fraction of sp³-hybridized carbons (Fsp3) is 0.571. The first-order chi connectivity index (χ1) is 8.95. The van der Waals surface area contributed by atoms with Gasteiger partial charge >= 0.3 is 0 Å². The molecule has 0 saturated heterocycles. The molecule has 104 valence electrons. The van der Waals surface area contributed by atoms with E-state index in [1.165, 1.54) is 5.56 Å². The topological polar surface area (TPSA) is 51.3 Å². The third kappa shape index (κ3) is 2.58. The van der Waals surface area contributed by atoms with E-state index in [1.54, 1.807) is 0 Å². The predicted octanol–water partition coefficient (Wildman–Crippen LogP) is 1.44. The second-order valence-corrected chi connectivity index (χ2v) is 5.75. The van der Waals surface area contributed by atoms with Gasteiger partial charge in [0.05, 0.1) is 5.56 Å². The average molecular weight is 279 g/mol. The smallest absolute Gasteiger partial charge is 0.261 e. The lowest BCUT2D eigenvalue weighted by molar-refractivity contribution is 0.300. The van der Waals surface area contributed by atoms with Crippen molar-refractivity contribution in [3.05, 3.63) is 33.2 Å². The second kappa shape index (κ2) is 5.43. The lowest BCUT2D eigenvalue weighted by Crippen LogP contribution is -2.38. The molecule has 2 N–H and O–H groups in total. The zero-order valence-corrected chi connectivity index (χ0v) is 12.6. The van der Waals surface area contributed by atoms with E-state index in [0.29, 0.717) is 5.56 Å². The number of rotatable bonds is 3. The van der Waals surface area contributed by atoms with Crippen LogP contribution in [-0.2, 0) is 13.0 Å². The van der Waals surface area contributed by atoms with Gasteiger partial charge in [0.25, 0.3) is 5.56 Å². The third-order valence-electron chi connectivity index (χ3n) is 3.90. The zero-order valence-electron chi connectivity index (χ0n) is 11.8. The van der Waals surface area contributed by atoms with E-state index in [0.717, 1.165) is 31.6 Å². The largest absolute Gasteiger partial charge is 0.389 e. The maximum Gasteiger partial charge on any atom is 0.261 e. The van der Waals surface area contributed by atoms with E-state index < -0.39 is 0 Å². The molecule has 5 heteroatoms. The highest BCUT2D eigenvalue weighted by molar-refractivity contribution is 7.80. The van der Waals surface area contributed by atoms with Gasteiger partial charge in [0.15, 0.2) is 0 Å². The fourth-order valence-electron chi connectivity index (χ4n) is 2.64. The summed E-state index contributed by atoms with van der Waals surface area (Å²) in [7, 11) is 2.09. The van der Waals surface area contributed by atoms with E-state index >= 15 is 0 Å². The molecule has 0 fully saturated rings. The van der Waals surface area contributed by atoms with Crippen LogP contribution in [0.1, 0.15) is 43.1 Å². The van der Waals surface area contributed by atoms with Gasteiger partial charge in [-0.25, -0.2) is 0 Å². The van der Waals surface area contributed by atoms with Crippen LogP contribution in [0.15, 0.2) is 10.9 Å². The minimum atomic E-state index is -0.0369. The van der Waals surface area contributed by atoms with Crippen molar-refractivity contribution >= 4 is 17.2 Å². The van der Waals surface area contributed by atoms with Gasteiger partial charge < -0.3 is 15.2 Å². The van der Waals surface area contributed by atoms with Crippen molar-refractivity contribution in [3.63, 3.8) is 0 Å². The van der Waals surface area contributed by atoms with Crippen molar-refractivity contribution < 1.29 is 0 Å². The molecule has 1 aliphatic rings. The summed E-state index contributed by atoms with van der Waals surface area (Å²) in [5.74, 6) is 0. The summed E-state index contributed by atoms with van der Waals surface area (Å²) >= 11 is 5.02. The monoisotopic (exact) mass is 279 g/mol. The highest BCUT2D eigenvalue weighted by Crippen LogP contribution is 2.21. The molecule has 0 spiro atoms. The van der Waals surface area contributed by atoms with Gasteiger partial charge in [-0.1, -0.05) is 19.1 Å². The van der Waals surface area contributed by atoms with E-state index in [2.05, 4.69) is 25.8 Å². The first-order valence-electron chi connectivity index (χ1n) is 6.71. The third-order valence-corrected chi connectivity index (χ3v) is 4.12. The van der Waals surface area contributed by atoms with Crippen LogP contribution >= 0.6 is 12.2 Å². The molecule has 4 nitrogen and oxygen atoms in total. The molecule has 0 radical (unpaired) electrons. The molecule has 0 bridgehead atoms. The van der Waals surface area contributed by atoms with E-state index in [9.17, 15) is 4.79 Å². The van der Waals surface area contributed by atoms with Gasteiger partial charge in [0.2, 0.25) is 0 Å². The summed E-state index contributed by atoms with van der Waals surface area (Å²) in [4.78, 5) is 15.0. The Bertz CT molecular complexity index is 565. The minimum Gasteiger partial charge on any atom is -0.389 e. The number of pyridine rings is 1. The van der Waals surface area contributed by atoms with Crippen LogP contribution in [0.3, 0.4) is 0 Å². The normalized spacial score (nSPS) is 17.0. The number of likely N-dealkylation sites (N-methyl/N-ethyl adjacent to an activating group) is 1. The van der Waals surface area contributed by atoms with Crippen LogP contribution in [0.2, 0.25) is 0 Å². The van der Waals surface area contributed by atoms with Crippen molar-refractivity contribution in [1.82, 2.24) is 9.47 Å². The van der Waals surface area contributed by atoms with Crippen LogP contribution in [0.4, 0.5) is 0 Å². The highest BCUT2D eigenvalue weighted by atomic mass is 32.1. The Balaban J connectivity index is 2.69. The molecule has 1 unspecified atom stereocenters. The van der Waals surface area contributed by atoms with Crippen LogP contribution < -0.4 is 11.3 Å². The number of hydrogen-bond donors (Lipinski definition) is 1. The Morgan fingerprint density at radius 2 is 2.26 bits per heavy atom. The van der Waals surface area contributed by atoms with Crippen molar-refractivity contribution in [3.8, 4) is 0 Å². The van der Waals surface area contributed by atoms with Gasteiger partial charge in [-0.05, 0) is 32.0 Å². The SMILES string of the molecule is CCC(C)n1c2c(cc(C(N)=S)c1=O)CN(C)CC2. The number of nitrogens with two attached hydrogens (primary N) is 1. The lowest BCUT2D eigenvalue weighted by atomic mass is 10.0. The first kappa shape index (κ1) is 14.2. The quantitative estimate of drug-likeness (QED) is 0.851. The summed E-state index contributed by atoms with van der Waals surface area (Å²) < 4.78 is 1.90. The molecule has 1 aromatic heterocycles. The number of nitrogens with zero attached hydrogens (tertiary/aromatic N) is 2. The van der Waals surface area contributed by atoms with Crippen LogP contribution in [0, 0.1) is 0 Å². The molecule has 19 heavy (non-hydrogen) atoms. The summed E-state index contributed by atoms with van der Waals surface area (Å²) in [5.41, 5.74) is 8.46. The Hall–Kier alpha value is -1.20. The van der Waals surface area contributed by atoms with Crippen LogP contribution in [0.25, 0.3) is 0 Å². The molecule has 2 rings (SSSR count). The van der Waals surface area contributed by atoms with Gasteiger partial charge in [-0.3, -0.25) is 4.79 Å². The van der Waals surface area contributed by atoms with Crippen molar-refractivity contribution in [1.29, 1.82) is 0 Å². The molecule has 2 heterocycles. The lowest BCUT2D eigenvalue weighted by Gasteiger charge is -2.30. The summed E-state index contributed by atoms with van der Waals surface area (Å²) in [6.07, 6.45) is 1.83. The fourth-order valence-corrected chi connectivity index (χ4v) is 2.78. The molecule has 1 aliphatic heterocycles. The number of hydrogen-bond acceptors (Lipinski definition) is 3.